The maximum absolute atomic E-state index is 12.9. The molecule has 2 aromatic carbocycles. The van der Waals surface area contributed by atoms with Crippen LogP contribution in [-0.2, 0) is 0 Å². The molecule has 32 heavy (non-hydrogen) atoms. The first kappa shape index (κ1) is 20.2. The van der Waals surface area contributed by atoms with Gasteiger partial charge in [-0.1, -0.05) is 18.2 Å². The first-order chi connectivity index (χ1) is 15.6. The average molecular weight is 427 g/mol. The molecule has 0 bridgehead atoms. The number of pyridine rings is 1. The van der Waals surface area contributed by atoms with Crippen molar-refractivity contribution < 1.29 is 4.79 Å². The van der Waals surface area contributed by atoms with E-state index in [1.807, 2.05) is 55.5 Å². The third-order valence-corrected chi connectivity index (χ3v) is 6.05. The normalized spacial score (nSPS) is 14.6. The molecule has 5 rings (SSSR count). The molecular weight excluding hydrogens is 400 g/mol. The molecule has 3 heterocycles. The summed E-state index contributed by atoms with van der Waals surface area (Å²) in [6.45, 7) is 6.05. The Balaban J connectivity index is 1.31. The van der Waals surface area contributed by atoms with E-state index in [0.29, 0.717) is 11.4 Å². The number of para-hydroxylation sites is 1. The molecular formula is C25H26N6O. The molecule has 4 aromatic rings. The van der Waals surface area contributed by atoms with Crippen molar-refractivity contribution in [2.24, 2.45) is 0 Å². The van der Waals surface area contributed by atoms with Crippen molar-refractivity contribution in [2.75, 3.05) is 43.4 Å². The number of anilines is 2. The van der Waals surface area contributed by atoms with Crippen molar-refractivity contribution in [1.82, 2.24) is 19.7 Å². The van der Waals surface area contributed by atoms with Crippen LogP contribution in [-0.4, -0.2) is 58.8 Å². The Labute approximate surface area is 187 Å². The van der Waals surface area contributed by atoms with Crippen LogP contribution in [0.2, 0.25) is 0 Å². The van der Waals surface area contributed by atoms with Crippen LogP contribution in [0.15, 0.2) is 66.9 Å². The lowest BCUT2D eigenvalue weighted by molar-refractivity contribution is 0.102. The molecule has 7 heteroatoms. The molecule has 0 unspecified atom stereocenters. The SMILES string of the molecule is Cc1c(C(=O)Nc2ccc(N3CCN(C)CC3)cc2)cnn1-c1ccc2ccccc2n1. The monoisotopic (exact) mass is 426 g/mol. The summed E-state index contributed by atoms with van der Waals surface area (Å²) in [5.74, 6) is 0.513. The van der Waals surface area contributed by atoms with Gasteiger partial charge in [0.25, 0.3) is 5.91 Å². The Morgan fingerprint density at radius 1 is 0.938 bits per heavy atom. The molecule has 2 aromatic heterocycles. The first-order valence-electron chi connectivity index (χ1n) is 10.8. The van der Waals surface area contributed by atoms with Crippen molar-refractivity contribution in [1.29, 1.82) is 0 Å². The van der Waals surface area contributed by atoms with Crippen LogP contribution < -0.4 is 10.2 Å². The van der Waals surface area contributed by atoms with Gasteiger partial charge in [0, 0.05) is 42.9 Å². The fourth-order valence-electron chi connectivity index (χ4n) is 4.06. The summed E-state index contributed by atoms with van der Waals surface area (Å²) in [4.78, 5) is 22.3. The van der Waals surface area contributed by atoms with Crippen LogP contribution in [0.4, 0.5) is 11.4 Å². The number of amides is 1. The highest BCUT2D eigenvalue weighted by Crippen LogP contribution is 2.21. The molecule has 0 spiro atoms. The molecule has 0 saturated carbocycles. The molecule has 162 valence electrons. The smallest absolute Gasteiger partial charge is 0.259 e. The van der Waals surface area contributed by atoms with Crippen molar-refractivity contribution in [2.45, 2.75) is 6.92 Å². The van der Waals surface area contributed by atoms with Crippen molar-refractivity contribution in [3.05, 3.63) is 78.1 Å². The number of benzene rings is 2. The third kappa shape index (κ3) is 3.94. The minimum atomic E-state index is -0.179. The van der Waals surface area contributed by atoms with Gasteiger partial charge in [0.1, 0.15) is 0 Å². The van der Waals surface area contributed by atoms with Crippen molar-refractivity contribution >= 4 is 28.2 Å². The van der Waals surface area contributed by atoms with E-state index in [4.69, 9.17) is 0 Å². The number of nitrogens with zero attached hydrogens (tertiary/aromatic N) is 5. The van der Waals surface area contributed by atoms with Crippen LogP contribution in [0.25, 0.3) is 16.7 Å². The number of piperazine rings is 1. The minimum absolute atomic E-state index is 0.179. The van der Waals surface area contributed by atoms with Gasteiger partial charge in [-0.15, -0.1) is 0 Å². The summed E-state index contributed by atoms with van der Waals surface area (Å²) in [5, 5.41) is 8.48. The number of aromatic nitrogens is 3. The Morgan fingerprint density at radius 3 is 2.47 bits per heavy atom. The molecule has 0 atom stereocenters. The standard InChI is InChI=1S/C25H26N6O/c1-18-22(17-26-31(18)24-12-7-19-5-3-4-6-23(19)28-24)25(32)27-20-8-10-21(11-9-20)30-15-13-29(2)14-16-30/h3-12,17H,13-16H2,1-2H3,(H,27,32). The zero-order valence-electron chi connectivity index (χ0n) is 18.3. The Morgan fingerprint density at radius 2 is 1.69 bits per heavy atom. The van der Waals surface area contributed by atoms with Crippen molar-refractivity contribution in [3.63, 3.8) is 0 Å². The Hall–Kier alpha value is -3.71. The summed E-state index contributed by atoms with van der Waals surface area (Å²) in [6, 6.07) is 19.9. The maximum Gasteiger partial charge on any atom is 0.259 e. The lowest BCUT2D eigenvalue weighted by atomic mass is 10.2. The number of hydrogen-bond acceptors (Lipinski definition) is 5. The number of hydrogen-bond donors (Lipinski definition) is 1. The topological polar surface area (TPSA) is 66.3 Å². The largest absolute Gasteiger partial charge is 0.369 e. The molecule has 1 aliphatic heterocycles. The number of carbonyl (C=O) groups is 1. The van der Waals surface area contributed by atoms with Crippen LogP contribution in [0.3, 0.4) is 0 Å². The Kier molecular flexibility index (Phi) is 5.33. The second kappa shape index (κ2) is 8.43. The van der Waals surface area contributed by atoms with E-state index in [-0.39, 0.29) is 5.91 Å². The lowest BCUT2D eigenvalue weighted by Gasteiger charge is -2.34. The highest BCUT2D eigenvalue weighted by molar-refractivity contribution is 6.05. The molecule has 1 aliphatic rings. The van der Waals surface area contributed by atoms with Gasteiger partial charge in [0.2, 0.25) is 0 Å². The minimum Gasteiger partial charge on any atom is -0.369 e. The third-order valence-electron chi connectivity index (χ3n) is 6.05. The Bertz CT molecular complexity index is 1260. The van der Waals surface area contributed by atoms with Crippen molar-refractivity contribution in [3.8, 4) is 5.82 Å². The maximum atomic E-state index is 12.9. The van der Waals surface area contributed by atoms with Gasteiger partial charge in [-0.25, -0.2) is 9.67 Å². The van der Waals surface area contributed by atoms with Gasteiger partial charge in [-0.3, -0.25) is 4.79 Å². The van der Waals surface area contributed by atoms with E-state index in [0.717, 1.165) is 48.5 Å². The highest BCUT2D eigenvalue weighted by atomic mass is 16.1. The van der Waals surface area contributed by atoms with Gasteiger partial charge in [0.15, 0.2) is 5.82 Å². The van der Waals surface area contributed by atoms with E-state index in [1.165, 1.54) is 5.69 Å². The summed E-state index contributed by atoms with van der Waals surface area (Å²) in [6.07, 6.45) is 1.60. The number of likely N-dealkylation sites (N-methyl/N-ethyl adjacent to an activating group) is 1. The highest BCUT2D eigenvalue weighted by Gasteiger charge is 2.17. The number of nitrogens with one attached hydrogen (secondary N) is 1. The zero-order chi connectivity index (χ0) is 22.1. The molecule has 1 N–H and O–H groups in total. The summed E-state index contributed by atoms with van der Waals surface area (Å²) < 4.78 is 1.71. The second-order valence-corrected chi connectivity index (χ2v) is 8.21. The number of rotatable bonds is 4. The van der Waals surface area contributed by atoms with Gasteiger partial charge >= 0.3 is 0 Å². The molecule has 7 nitrogen and oxygen atoms in total. The van der Waals surface area contributed by atoms with E-state index in [1.54, 1.807) is 10.9 Å². The quantitative estimate of drug-likeness (QED) is 0.539. The number of carbonyl (C=O) groups excluding carboxylic acids is 1. The van der Waals surface area contributed by atoms with E-state index >= 15 is 0 Å². The predicted octanol–water partition coefficient (Wildman–Crippen LogP) is 3.73. The van der Waals surface area contributed by atoms with Crippen LogP contribution in [0.1, 0.15) is 16.1 Å². The van der Waals surface area contributed by atoms with Gasteiger partial charge < -0.3 is 15.1 Å². The van der Waals surface area contributed by atoms with E-state index in [2.05, 4.69) is 44.4 Å². The average Bonchev–Trinajstić information content (AvgIpc) is 3.21. The fourth-order valence-corrected chi connectivity index (χ4v) is 4.06. The van der Waals surface area contributed by atoms with E-state index in [9.17, 15) is 4.79 Å². The van der Waals surface area contributed by atoms with Crippen LogP contribution in [0.5, 0.6) is 0 Å². The van der Waals surface area contributed by atoms with Crippen LogP contribution >= 0.6 is 0 Å². The molecule has 1 saturated heterocycles. The second-order valence-electron chi connectivity index (χ2n) is 8.21. The molecule has 1 fully saturated rings. The van der Waals surface area contributed by atoms with Gasteiger partial charge in [0.05, 0.1) is 23.0 Å². The molecule has 0 aliphatic carbocycles. The van der Waals surface area contributed by atoms with Gasteiger partial charge in [-0.2, -0.15) is 5.10 Å². The number of fused-ring (bicyclic) bond motifs is 1. The van der Waals surface area contributed by atoms with E-state index < -0.39 is 0 Å². The summed E-state index contributed by atoms with van der Waals surface area (Å²) >= 11 is 0. The predicted molar refractivity (Wildman–Crippen MR) is 128 cm³/mol. The summed E-state index contributed by atoms with van der Waals surface area (Å²) in [7, 11) is 2.15. The lowest BCUT2D eigenvalue weighted by Crippen LogP contribution is -2.44. The first-order valence-corrected chi connectivity index (χ1v) is 10.8. The fraction of sp³-hybridized carbons (Fsp3) is 0.240. The van der Waals surface area contributed by atoms with Crippen LogP contribution in [0, 0.1) is 6.92 Å². The zero-order valence-corrected chi connectivity index (χ0v) is 18.3. The summed E-state index contributed by atoms with van der Waals surface area (Å²) in [5.41, 5.74) is 4.13. The van der Waals surface area contributed by atoms with Gasteiger partial charge in [-0.05, 0) is 56.4 Å². The molecule has 1 amide bonds. The molecule has 0 radical (unpaired) electrons.